The summed E-state index contributed by atoms with van der Waals surface area (Å²) in [5, 5.41) is 27.3. The van der Waals surface area contributed by atoms with E-state index in [0.717, 1.165) is 83.0 Å². The summed E-state index contributed by atoms with van der Waals surface area (Å²) >= 11 is 0. The van der Waals surface area contributed by atoms with Crippen LogP contribution in [-0.2, 0) is 20.9 Å². The number of unbranched alkanes of at least 4 members (excludes halogenated alkanes) is 2. The molecule has 63 heavy (non-hydrogen) atoms. The number of aryl methyl sites for hydroxylation is 2. The van der Waals surface area contributed by atoms with E-state index in [2.05, 4.69) is 86.0 Å². The van der Waals surface area contributed by atoms with E-state index in [9.17, 15) is 10.2 Å². The van der Waals surface area contributed by atoms with Gasteiger partial charge in [-0.05, 0) is 148 Å². The fraction of sp³-hybridized carbons (Fsp3) is 0.481. The molecule has 9 heteroatoms. The van der Waals surface area contributed by atoms with Gasteiger partial charge in [0.05, 0.1) is 18.2 Å². The molecule has 6 atom stereocenters. The monoisotopic (exact) mass is 854 g/mol. The highest BCUT2D eigenvalue weighted by Gasteiger charge is 2.66. The highest BCUT2D eigenvalue weighted by atomic mass is 16.7. The van der Waals surface area contributed by atoms with Crippen LogP contribution >= 0.6 is 0 Å². The van der Waals surface area contributed by atoms with Crippen LogP contribution in [0.4, 0.5) is 0 Å². The number of aliphatic hydroxyl groups excluding tert-OH is 2. The van der Waals surface area contributed by atoms with Crippen molar-refractivity contribution < 1.29 is 34.1 Å². The summed E-state index contributed by atoms with van der Waals surface area (Å²) in [5.74, 6) is 0.517. The number of aliphatic hydroxyl groups is 2. The highest BCUT2D eigenvalue weighted by Crippen LogP contribution is 2.62. The lowest BCUT2D eigenvalue weighted by atomic mass is 9.55. The van der Waals surface area contributed by atoms with Crippen molar-refractivity contribution in [1.82, 2.24) is 4.90 Å². The Labute approximate surface area is 373 Å². The molecule has 0 aromatic heterocycles. The number of nitrogens with zero attached hydrogens (tertiary/aromatic N) is 2. The minimum Gasteiger partial charge on any atom is -0.459 e. The zero-order valence-electron chi connectivity index (χ0n) is 37.9. The van der Waals surface area contributed by atoms with E-state index in [0.29, 0.717) is 37.3 Å². The fourth-order valence-corrected chi connectivity index (χ4v) is 10.3. The maximum absolute atomic E-state index is 15.1. The van der Waals surface area contributed by atoms with Gasteiger partial charge in [-0.2, -0.15) is 0 Å². The molecule has 4 aromatic carbocycles. The quantitative estimate of drug-likeness (QED) is 0.0583. The Bertz CT molecular complexity index is 2340. The number of hydrogen-bond acceptors (Lipinski definition) is 8. The van der Waals surface area contributed by atoms with Crippen molar-refractivity contribution in [3.05, 3.63) is 125 Å². The summed E-state index contributed by atoms with van der Waals surface area (Å²) in [5.41, 5.74) is 5.68. The minimum atomic E-state index is -1.34. The van der Waals surface area contributed by atoms with Crippen molar-refractivity contribution in [2.75, 3.05) is 19.8 Å². The van der Waals surface area contributed by atoms with E-state index in [1.807, 2.05) is 45.0 Å². The SMILES string of the molecule is C=CCOC12Oc3ccc(Oc4ccc(C)c(C)c4)cc3C3C(CCCCO)C(CCCCO)C=C(C(=NOC(C)(C)C)CC1N(Cc1cccc4ccccc14)C(=O)C1CC1)C32. The van der Waals surface area contributed by atoms with Crippen LogP contribution in [0.1, 0.15) is 107 Å². The van der Waals surface area contributed by atoms with E-state index < -0.39 is 23.3 Å². The standard InChI is InChI=1S/C54H66N2O7/c1-7-29-60-54-49(56(52(59)38-22-23-38)34-40-18-14-17-37-15-8-9-19-43(37)40)33-47(55-63-53(4,5)6)45-31-39(16-10-12-27-57)44(20-11-13-28-58)50(51(45)54)46-32-42(25-26-48(46)62-54)61-41-24-21-35(2)36(3)30-41/h7-9,14-15,17-19,21,24-26,30-32,38-39,44,49-51,57-58H,1,10-13,16,20,22-23,27-29,33-34H2,2-6H3. The first-order valence-electron chi connectivity index (χ1n) is 23.2. The fourth-order valence-electron chi connectivity index (χ4n) is 10.3. The Morgan fingerprint density at radius 2 is 1.65 bits per heavy atom. The van der Waals surface area contributed by atoms with Crippen molar-refractivity contribution in [3.63, 3.8) is 0 Å². The van der Waals surface area contributed by atoms with Gasteiger partial charge < -0.3 is 34.2 Å². The molecule has 0 spiro atoms. The molecule has 8 rings (SSSR count). The number of rotatable bonds is 18. The van der Waals surface area contributed by atoms with Gasteiger partial charge in [0.15, 0.2) is 0 Å². The van der Waals surface area contributed by atoms with Gasteiger partial charge in [-0.25, -0.2) is 0 Å². The van der Waals surface area contributed by atoms with Crippen molar-refractivity contribution in [1.29, 1.82) is 0 Å². The largest absolute Gasteiger partial charge is 0.459 e. The molecule has 1 heterocycles. The van der Waals surface area contributed by atoms with Gasteiger partial charge in [-0.15, -0.1) is 6.58 Å². The molecule has 3 aliphatic carbocycles. The average molecular weight is 855 g/mol. The highest BCUT2D eigenvalue weighted by molar-refractivity contribution is 6.03. The van der Waals surface area contributed by atoms with E-state index in [1.165, 1.54) is 5.56 Å². The number of benzene rings is 4. The zero-order valence-corrected chi connectivity index (χ0v) is 37.9. The first kappa shape index (κ1) is 44.6. The molecule has 334 valence electrons. The van der Waals surface area contributed by atoms with E-state index in [-0.39, 0.29) is 49.4 Å². The third kappa shape index (κ3) is 9.48. The van der Waals surface area contributed by atoms with Crippen molar-refractivity contribution in [2.24, 2.45) is 28.8 Å². The first-order valence-corrected chi connectivity index (χ1v) is 23.2. The Morgan fingerprint density at radius 1 is 0.921 bits per heavy atom. The Morgan fingerprint density at radius 3 is 2.38 bits per heavy atom. The minimum absolute atomic E-state index is 0.0788. The molecule has 6 unspecified atom stereocenters. The van der Waals surface area contributed by atoms with Crippen LogP contribution in [0.15, 0.2) is 108 Å². The van der Waals surface area contributed by atoms with Crippen molar-refractivity contribution >= 4 is 22.4 Å². The summed E-state index contributed by atoms with van der Waals surface area (Å²) in [6, 6.07) is 26.4. The van der Waals surface area contributed by atoms with Gasteiger partial charge in [0.2, 0.25) is 11.7 Å². The third-order valence-corrected chi connectivity index (χ3v) is 13.6. The summed E-state index contributed by atoms with van der Waals surface area (Å²) in [6.45, 7) is 15.1. The topological polar surface area (TPSA) is 110 Å². The average Bonchev–Trinajstić information content (AvgIpc) is 4.12. The van der Waals surface area contributed by atoms with Gasteiger partial charge in [-0.3, -0.25) is 4.79 Å². The Kier molecular flexibility index (Phi) is 13.5. The lowest BCUT2D eigenvalue weighted by Gasteiger charge is -2.60. The lowest BCUT2D eigenvalue weighted by molar-refractivity contribution is -0.258. The molecule has 2 saturated carbocycles. The molecule has 1 amide bonds. The van der Waals surface area contributed by atoms with Crippen LogP contribution in [0.25, 0.3) is 10.8 Å². The number of carbonyl (C=O) groups is 1. The van der Waals surface area contributed by atoms with E-state index in [4.69, 9.17) is 24.2 Å². The normalized spacial score (nSPS) is 24.5. The maximum atomic E-state index is 15.1. The van der Waals surface area contributed by atoms with Gasteiger partial charge >= 0.3 is 0 Å². The number of fused-ring (bicyclic) bond motifs is 3. The van der Waals surface area contributed by atoms with Crippen LogP contribution in [-0.4, -0.2) is 64.0 Å². The lowest BCUT2D eigenvalue weighted by Crippen LogP contribution is -2.70. The second-order valence-electron chi connectivity index (χ2n) is 19.2. The first-order chi connectivity index (χ1) is 30.4. The summed E-state index contributed by atoms with van der Waals surface area (Å²) in [4.78, 5) is 23.5. The van der Waals surface area contributed by atoms with Crippen molar-refractivity contribution in [3.8, 4) is 17.2 Å². The second kappa shape index (κ2) is 19.0. The van der Waals surface area contributed by atoms with Gasteiger partial charge in [0, 0.05) is 43.6 Å². The summed E-state index contributed by atoms with van der Waals surface area (Å²) < 4.78 is 21.4. The smallest absolute Gasteiger partial charge is 0.239 e. The Hall–Kier alpha value is -4.96. The number of ether oxygens (including phenoxy) is 3. The molecule has 0 saturated heterocycles. The summed E-state index contributed by atoms with van der Waals surface area (Å²) in [6.07, 6.45) is 11.0. The molecule has 2 N–H and O–H groups in total. The van der Waals surface area contributed by atoms with Gasteiger partial charge in [0.1, 0.15) is 28.9 Å². The zero-order chi connectivity index (χ0) is 44.3. The van der Waals surface area contributed by atoms with Gasteiger partial charge in [-0.1, -0.05) is 78.7 Å². The molecular weight excluding hydrogens is 789 g/mol. The molecule has 4 aromatic rings. The maximum Gasteiger partial charge on any atom is 0.239 e. The van der Waals surface area contributed by atoms with Crippen molar-refractivity contribution in [2.45, 2.75) is 122 Å². The number of amides is 1. The van der Waals surface area contributed by atoms with Crippen LogP contribution in [0.5, 0.6) is 17.2 Å². The molecule has 4 aliphatic rings. The number of oxime groups is 1. The molecule has 9 nitrogen and oxygen atoms in total. The van der Waals surface area contributed by atoms with Crippen LogP contribution in [0.3, 0.4) is 0 Å². The third-order valence-electron chi connectivity index (χ3n) is 13.6. The van der Waals surface area contributed by atoms with Crippen LogP contribution < -0.4 is 9.47 Å². The molecule has 2 fully saturated rings. The number of allylic oxidation sites excluding steroid dienone is 1. The molecular formula is C54H66N2O7. The van der Waals surface area contributed by atoms with E-state index in [1.54, 1.807) is 6.08 Å². The second-order valence-corrected chi connectivity index (χ2v) is 19.2. The Balaban J connectivity index is 1.36. The van der Waals surface area contributed by atoms with Crippen LogP contribution in [0, 0.1) is 37.5 Å². The molecule has 1 aliphatic heterocycles. The molecule has 0 bridgehead atoms. The molecule has 0 radical (unpaired) electrons. The summed E-state index contributed by atoms with van der Waals surface area (Å²) in [7, 11) is 0. The number of hydrogen-bond donors (Lipinski definition) is 2. The number of carbonyl (C=O) groups excluding carboxylic acids is 1. The van der Waals surface area contributed by atoms with Gasteiger partial charge in [0.25, 0.3) is 0 Å². The predicted octanol–water partition coefficient (Wildman–Crippen LogP) is 11.1. The predicted molar refractivity (Wildman–Crippen MR) is 249 cm³/mol. The van der Waals surface area contributed by atoms with E-state index >= 15 is 4.79 Å². The van der Waals surface area contributed by atoms with Crippen LogP contribution in [0.2, 0.25) is 0 Å².